The molecular formula is C16H21BrN4. The molecular weight excluding hydrogens is 328 g/mol. The predicted molar refractivity (Wildman–Crippen MR) is 92.5 cm³/mol. The Labute approximate surface area is 134 Å². The van der Waals surface area contributed by atoms with E-state index in [0.717, 1.165) is 46.1 Å². The molecule has 0 saturated heterocycles. The fourth-order valence-electron chi connectivity index (χ4n) is 2.03. The third-order valence-corrected chi connectivity index (χ3v) is 3.89. The second-order valence-electron chi connectivity index (χ2n) is 4.95. The summed E-state index contributed by atoms with van der Waals surface area (Å²) in [5.74, 6) is 2.58. The molecule has 0 atom stereocenters. The molecule has 0 bridgehead atoms. The summed E-state index contributed by atoms with van der Waals surface area (Å²) in [6, 6.07) is 6.22. The zero-order chi connectivity index (χ0) is 15.4. The van der Waals surface area contributed by atoms with E-state index in [1.807, 2.05) is 6.92 Å². The summed E-state index contributed by atoms with van der Waals surface area (Å²) in [4.78, 5) is 9.15. The van der Waals surface area contributed by atoms with Gasteiger partial charge < -0.3 is 10.6 Å². The van der Waals surface area contributed by atoms with Crippen LogP contribution in [0.25, 0.3) is 0 Å². The summed E-state index contributed by atoms with van der Waals surface area (Å²) < 4.78 is 1.03. The van der Waals surface area contributed by atoms with Crippen LogP contribution in [0.4, 0.5) is 17.3 Å². The van der Waals surface area contributed by atoms with Crippen molar-refractivity contribution < 1.29 is 0 Å². The molecule has 1 heterocycles. The molecule has 0 spiro atoms. The monoisotopic (exact) mass is 348 g/mol. The van der Waals surface area contributed by atoms with E-state index in [2.05, 4.69) is 75.5 Å². The maximum atomic E-state index is 4.61. The van der Waals surface area contributed by atoms with Crippen molar-refractivity contribution in [3.63, 3.8) is 0 Å². The lowest BCUT2D eigenvalue weighted by Gasteiger charge is -2.15. The number of aryl methyl sites for hydroxylation is 2. The summed E-state index contributed by atoms with van der Waals surface area (Å²) in [5, 5.41) is 6.70. The summed E-state index contributed by atoms with van der Waals surface area (Å²) in [7, 11) is 0. The number of halogens is 1. The van der Waals surface area contributed by atoms with Crippen LogP contribution in [0.1, 0.15) is 30.8 Å². The second kappa shape index (κ2) is 6.89. The van der Waals surface area contributed by atoms with Crippen molar-refractivity contribution in [3.8, 4) is 0 Å². The van der Waals surface area contributed by atoms with E-state index in [1.54, 1.807) is 0 Å². The average molecular weight is 349 g/mol. The van der Waals surface area contributed by atoms with E-state index < -0.39 is 0 Å². The molecule has 0 unspecified atom stereocenters. The third kappa shape index (κ3) is 3.73. The van der Waals surface area contributed by atoms with Crippen LogP contribution in [0.3, 0.4) is 0 Å². The molecule has 0 amide bonds. The third-order valence-electron chi connectivity index (χ3n) is 3.23. The van der Waals surface area contributed by atoms with Gasteiger partial charge in [-0.1, -0.05) is 13.0 Å². The van der Waals surface area contributed by atoms with Crippen LogP contribution < -0.4 is 10.6 Å². The van der Waals surface area contributed by atoms with Crippen LogP contribution in [-0.2, 0) is 6.42 Å². The first-order valence-electron chi connectivity index (χ1n) is 7.19. The molecule has 0 aliphatic carbocycles. The van der Waals surface area contributed by atoms with Crippen molar-refractivity contribution in [1.82, 2.24) is 9.97 Å². The zero-order valence-corrected chi connectivity index (χ0v) is 14.5. The van der Waals surface area contributed by atoms with E-state index in [4.69, 9.17) is 0 Å². The highest BCUT2D eigenvalue weighted by Gasteiger charge is 2.11. The number of aromatic nitrogens is 2. The van der Waals surface area contributed by atoms with Crippen molar-refractivity contribution in [1.29, 1.82) is 0 Å². The van der Waals surface area contributed by atoms with Crippen molar-refractivity contribution in [2.24, 2.45) is 0 Å². The van der Waals surface area contributed by atoms with Gasteiger partial charge >= 0.3 is 0 Å². The minimum atomic E-state index is 0.808. The van der Waals surface area contributed by atoms with E-state index in [-0.39, 0.29) is 0 Å². The first-order chi connectivity index (χ1) is 10.0. The van der Waals surface area contributed by atoms with Crippen molar-refractivity contribution >= 4 is 33.3 Å². The predicted octanol–water partition coefficient (Wildman–Crippen LogP) is 4.59. The van der Waals surface area contributed by atoms with Gasteiger partial charge in [0.15, 0.2) is 0 Å². The fraction of sp³-hybridized carbons (Fsp3) is 0.375. The van der Waals surface area contributed by atoms with Crippen LogP contribution >= 0.6 is 15.9 Å². The Kier molecular flexibility index (Phi) is 5.17. The Bertz CT molecular complexity index is 640. The molecule has 2 aromatic rings. The highest BCUT2D eigenvalue weighted by molar-refractivity contribution is 9.10. The number of benzene rings is 1. The molecule has 2 N–H and O–H groups in total. The fourth-order valence-corrected chi connectivity index (χ4v) is 2.62. The van der Waals surface area contributed by atoms with E-state index in [1.165, 1.54) is 5.56 Å². The van der Waals surface area contributed by atoms with Gasteiger partial charge in [-0.15, -0.1) is 0 Å². The molecule has 0 radical (unpaired) electrons. The van der Waals surface area contributed by atoms with E-state index in [0.29, 0.717) is 0 Å². The number of rotatable bonds is 5. The van der Waals surface area contributed by atoms with Gasteiger partial charge in [-0.05, 0) is 54.4 Å². The number of anilines is 3. The SMILES string of the molecule is CCNc1nc(CC)nc(Nc2ccc(C)cc2Br)c1C. The lowest BCUT2D eigenvalue weighted by molar-refractivity contribution is 0.930. The standard InChI is InChI=1S/C16H21BrN4/c1-5-14-20-15(18-6-2)11(4)16(21-14)19-13-8-7-10(3)9-12(13)17/h7-9H,5-6H2,1-4H3,(H2,18,19,20,21). The smallest absolute Gasteiger partial charge is 0.139 e. The van der Waals surface area contributed by atoms with Crippen LogP contribution in [0.15, 0.2) is 22.7 Å². The number of hydrogen-bond donors (Lipinski definition) is 2. The minimum absolute atomic E-state index is 0.808. The second-order valence-corrected chi connectivity index (χ2v) is 5.81. The molecule has 0 aliphatic heterocycles. The molecule has 4 nitrogen and oxygen atoms in total. The molecule has 21 heavy (non-hydrogen) atoms. The Balaban J connectivity index is 2.40. The largest absolute Gasteiger partial charge is 0.370 e. The van der Waals surface area contributed by atoms with E-state index >= 15 is 0 Å². The maximum absolute atomic E-state index is 4.61. The van der Waals surface area contributed by atoms with Gasteiger partial charge in [0.25, 0.3) is 0 Å². The number of nitrogens with one attached hydrogen (secondary N) is 2. The summed E-state index contributed by atoms with van der Waals surface area (Å²) in [6.45, 7) is 9.07. The molecule has 0 saturated carbocycles. The van der Waals surface area contributed by atoms with Crippen molar-refractivity contribution in [3.05, 3.63) is 39.6 Å². The topological polar surface area (TPSA) is 49.8 Å². The van der Waals surface area contributed by atoms with Gasteiger partial charge in [0.2, 0.25) is 0 Å². The highest BCUT2D eigenvalue weighted by Crippen LogP contribution is 2.29. The first kappa shape index (κ1) is 15.8. The Hall–Kier alpha value is -1.62. The Morgan fingerprint density at radius 1 is 1.10 bits per heavy atom. The quantitative estimate of drug-likeness (QED) is 0.829. The lowest BCUT2D eigenvalue weighted by atomic mass is 10.2. The molecule has 0 fully saturated rings. The van der Waals surface area contributed by atoms with Crippen LogP contribution in [-0.4, -0.2) is 16.5 Å². The molecule has 0 aliphatic rings. The van der Waals surface area contributed by atoms with Gasteiger partial charge in [-0.25, -0.2) is 9.97 Å². The van der Waals surface area contributed by atoms with Gasteiger partial charge in [-0.3, -0.25) is 0 Å². The summed E-state index contributed by atoms with van der Waals surface area (Å²) >= 11 is 3.59. The van der Waals surface area contributed by atoms with Crippen LogP contribution in [0.5, 0.6) is 0 Å². The highest BCUT2D eigenvalue weighted by atomic mass is 79.9. The van der Waals surface area contributed by atoms with Gasteiger partial charge in [0.05, 0.1) is 5.69 Å². The number of nitrogens with zero attached hydrogens (tertiary/aromatic N) is 2. The maximum Gasteiger partial charge on any atom is 0.139 e. The van der Waals surface area contributed by atoms with E-state index in [9.17, 15) is 0 Å². The number of hydrogen-bond acceptors (Lipinski definition) is 4. The Morgan fingerprint density at radius 3 is 2.43 bits per heavy atom. The lowest BCUT2D eigenvalue weighted by Crippen LogP contribution is -2.09. The first-order valence-corrected chi connectivity index (χ1v) is 7.99. The molecule has 2 rings (SSSR count). The van der Waals surface area contributed by atoms with Gasteiger partial charge in [-0.2, -0.15) is 0 Å². The average Bonchev–Trinajstić information content (AvgIpc) is 2.46. The normalized spacial score (nSPS) is 10.5. The summed E-state index contributed by atoms with van der Waals surface area (Å²) in [6.07, 6.45) is 0.808. The zero-order valence-electron chi connectivity index (χ0n) is 12.9. The molecule has 112 valence electrons. The van der Waals surface area contributed by atoms with Crippen molar-refractivity contribution in [2.45, 2.75) is 34.1 Å². The van der Waals surface area contributed by atoms with Gasteiger partial charge in [0, 0.05) is 23.0 Å². The Morgan fingerprint density at radius 2 is 1.81 bits per heavy atom. The minimum Gasteiger partial charge on any atom is -0.370 e. The van der Waals surface area contributed by atoms with Gasteiger partial charge in [0.1, 0.15) is 17.5 Å². The molecule has 1 aromatic carbocycles. The molecule has 5 heteroatoms. The van der Waals surface area contributed by atoms with Crippen LogP contribution in [0.2, 0.25) is 0 Å². The summed E-state index contributed by atoms with van der Waals surface area (Å²) in [5.41, 5.74) is 3.25. The van der Waals surface area contributed by atoms with Crippen LogP contribution in [0, 0.1) is 13.8 Å². The molecule has 1 aromatic heterocycles. The van der Waals surface area contributed by atoms with Crippen molar-refractivity contribution in [2.75, 3.05) is 17.2 Å².